The van der Waals surface area contributed by atoms with Crippen molar-refractivity contribution >= 4 is 29.9 Å². The Balaban J connectivity index is 0.00000242. The van der Waals surface area contributed by atoms with Crippen LogP contribution in [0.2, 0.25) is 0 Å². The number of aliphatic imine (C=N–C) groups is 1. The Morgan fingerprint density at radius 2 is 1.86 bits per heavy atom. The fraction of sp³-hybridized carbons (Fsp3) is 0.941. The lowest BCUT2D eigenvalue weighted by Gasteiger charge is -2.35. The molecule has 0 heterocycles. The predicted molar refractivity (Wildman–Crippen MR) is 104 cm³/mol. The van der Waals surface area contributed by atoms with Crippen LogP contribution >= 0.6 is 24.0 Å². The molecule has 2 saturated carbocycles. The molecule has 0 spiro atoms. The van der Waals surface area contributed by atoms with Gasteiger partial charge in [0.25, 0.3) is 0 Å². The summed E-state index contributed by atoms with van der Waals surface area (Å²) in [4.78, 5) is 4.53. The second-order valence-corrected chi connectivity index (χ2v) is 6.85. The highest BCUT2D eigenvalue weighted by Gasteiger charge is 2.34. The Morgan fingerprint density at radius 1 is 1.14 bits per heavy atom. The van der Waals surface area contributed by atoms with Gasteiger partial charge < -0.3 is 15.7 Å². The van der Waals surface area contributed by atoms with Gasteiger partial charge in [0.15, 0.2) is 5.96 Å². The summed E-state index contributed by atoms with van der Waals surface area (Å²) in [5, 5.41) is 16.8. The normalized spacial score (nSPS) is 21.1. The molecule has 0 aromatic rings. The molecule has 22 heavy (non-hydrogen) atoms. The summed E-state index contributed by atoms with van der Waals surface area (Å²) in [7, 11) is 0. The maximum atomic E-state index is 10.1. The van der Waals surface area contributed by atoms with E-state index in [1.54, 1.807) is 0 Å². The van der Waals surface area contributed by atoms with Gasteiger partial charge in [-0.05, 0) is 38.5 Å². The van der Waals surface area contributed by atoms with Gasteiger partial charge in [-0.15, -0.1) is 24.0 Å². The molecule has 0 bridgehead atoms. The molecular weight excluding hydrogens is 389 g/mol. The predicted octanol–water partition coefficient (Wildman–Crippen LogP) is 3.44. The SMILES string of the molecule is CCNC(=NCC1(O)CCC1)NCCCCC1CCCC1.I. The maximum absolute atomic E-state index is 10.1. The second kappa shape index (κ2) is 10.7. The number of nitrogens with one attached hydrogen (secondary N) is 2. The number of hydrogen-bond acceptors (Lipinski definition) is 2. The highest BCUT2D eigenvalue weighted by Crippen LogP contribution is 2.31. The molecule has 2 aliphatic carbocycles. The van der Waals surface area contributed by atoms with Crippen molar-refractivity contribution in [3.05, 3.63) is 0 Å². The Morgan fingerprint density at radius 3 is 2.45 bits per heavy atom. The summed E-state index contributed by atoms with van der Waals surface area (Å²) in [6.45, 7) is 4.46. The first-order valence-electron chi connectivity index (χ1n) is 8.96. The van der Waals surface area contributed by atoms with Crippen LogP contribution in [0.1, 0.15) is 71.1 Å². The van der Waals surface area contributed by atoms with Crippen LogP contribution in [0.25, 0.3) is 0 Å². The van der Waals surface area contributed by atoms with Crippen LogP contribution in [0.4, 0.5) is 0 Å². The zero-order chi connectivity index (χ0) is 15.0. The standard InChI is InChI=1S/C17H33N3O.HI/c1-2-18-16(20-14-17(21)11-7-12-17)19-13-6-5-10-15-8-3-4-9-15;/h15,21H,2-14H2,1H3,(H2,18,19,20);1H. The van der Waals surface area contributed by atoms with Gasteiger partial charge in [0.2, 0.25) is 0 Å². The van der Waals surface area contributed by atoms with Crippen LogP contribution in [0.5, 0.6) is 0 Å². The van der Waals surface area contributed by atoms with Crippen LogP contribution in [0.15, 0.2) is 4.99 Å². The van der Waals surface area contributed by atoms with E-state index in [9.17, 15) is 5.11 Å². The second-order valence-electron chi connectivity index (χ2n) is 6.85. The van der Waals surface area contributed by atoms with E-state index in [2.05, 4.69) is 22.5 Å². The van der Waals surface area contributed by atoms with Crippen molar-refractivity contribution in [3.8, 4) is 0 Å². The van der Waals surface area contributed by atoms with E-state index in [1.165, 1.54) is 44.9 Å². The maximum Gasteiger partial charge on any atom is 0.191 e. The van der Waals surface area contributed by atoms with E-state index in [0.717, 1.165) is 44.2 Å². The zero-order valence-electron chi connectivity index (χ0n) is 14.1. The molecule has 5 heteroatoms. The number of unbranched alkanes of at least 4 members (excludes halogenated alkanes) is 1. The first-order chi connectivity index (χ1) is 10.2. The van der Waals surface area contributed by atoms with E-state index in [0.29, 0.717) is 6.54 Å². The van der Waals surface area contributed by atoms with E-state index >= 15 is 0 Å². The lowest BCUT2D eigenvalue weighted by atomic mass is 9.80. The van der Waals surface area contributed by atoms with Crippen molar-refractivity contribution in [2.45, 2.75) is 76.7 Å². The highest BCUT2D eigenvalue weighted by atomic mass is 127. The Hall–Kier alpha value is -0.0400. The van der Waals surface area contributed by atoms with E-state index in [-0.39, 0.29) is 24.0 Å². The van der Waals surface area contributed by atoms with Gasteiger partial charge >= 0.3 is 0 Å². The molecular formula is C17H34IN3O. The molecule has 0 radical (unpaired) electrons. The third kappa shape index (κ3) is 7.02. The molecule has 130 valence electrons. The molecule has 0 saturated heterocycles. The number of hydrogen-bond donors (Lipinski definition) is 3. The average Bonchev–Trinajstić information content (AvgIpc) is 2.95. The Kier molecular flexibility index (Phi) is 9.71. The highest BCUT2D eigenvalue weighted by molar-refractivity contribution is 14.0. The third-order valence-electron chi connectivity index (χ3n) is 4.97. The van der Waals surface area contributed by atoms with Crippen LogP contribution < -0.4 is 10.6 Å². The fourth-order valence-corrected chi connectivity index (χ4v) is 3.37. The quantitative estimate of drug-likeness (QED) is 0.243. The number of rotatable bonds is 8. The number of halogens is 1. The lowest BCUT2D eigenvalue weighted by Crippen LogP contribution is -2.43. The first-order valence-corrected chi connectivity index (χ1v) is 8.96. The van der Waals surface area contributed by atoms with Crippen LogP contribution in [0.3, 0.4) is 0 Å². The van der Waals surface area contributed by atoms with Crippen molar-refractivity contribution in [1.29, 1.82) is 0 Å². The molecule has 4 nitrogen and oxygen atoms in total. The van der Waals surface area contributed by atoms with Crippen molar-refractivity contribution in [3.63, 3.8) is 0 Å². The van der Waals surface area contributed by atoms with Crippen molar-refractivity contribution < 1.29 is 5.11 Å². The number of aliphatic hydroxyl groups is 1. The van der Waals surface area contributed by atoms with Gasteiger partial charge in [-0.2, -0.15) is 0 Å². The minimum Gasteiger partial charge on any atom is -0.388 e. The average molecular weight is 423 g/mol. The Bertz CT molecular complexity index is 326. The summed E-state index contributed by atoms with van der Waals surface area (Å²) in [5.74, 6) is 1.86. The lowest BCUT2D eigenvalue weighted by molar-refractivity contribution is -0.0236. The topological polar surface area (TPSA) is 56.7 Å². The summed E-state index contributed by atoms with van der Waals surface area (Å²) in [5.41, 5.74) is -0.523. The molecule has 0 atom stereocenters. The monoisotopic (exact) mass is 423 g/mol. The molecule has 0 amide bonds. The number of guanidine groups is 1. The first kappa shape index (κ1) is 20.0. The molecule has 0 aromatic heterocycles. The molecule has 0 unspecified atom stereocenters. The van der Waals surface area contributed by atoms with Gasteiger partial charge in [-0.25, -0.2) is 0 Å². The molecule has 3 N–H and O–H groups in total. The summed E-state index contributed by atoms with van der Waals surface area (Å²) < 4.78 is 0. The van der Waals surface area contributed by atoms with Crippen LogP contribution in [0, 0.1) is 5.92 Å². The van der Waals surface area contributed by atoms with E-state index in [1.807, 2.05) is 0 Å². The largest absolute Gasteiger partial charge is 0.388 e. The summed E-state index contributed by atoms with van der Waals surface area (Å²) in [6, 6.07) is 0. The van der Waals surface area contributed by atoms with Crippen molar-refractivity contribution in [2.75, 3.05) is 19.6 Å². The van der Waals surface area contributed by atoms with Crippen molar-refractivity contribution in [2.24, 2.45) is 10.9 Å². The smallest absolute Gasteiger partial charge is 0.191 e. The minimum absolute atomic E-state index is 0. The summed E-state index contributed by atoms with van der Waals surface area (Å²) in [6.07, 6.45) is 12.7. The Labute approximate surface area is 152 Å². The molecule has 2 aliphatic rings. The molecule has 0 aliphatic heterocycles. The van der Waals surface area contributed by atoms with Crippen LogP contribution in [-0.4, -0.2) is 36.3 Å². The zero-order valence-corrected chi connectivity index (χ0v) is 16.4. The van der Waals surface area contributed by atoms with Gasteiger partial charge in [-0.1, -0.05) is 38.5 Å². The number of nitrogens with zero attached hydrogens (tertiary/aromatic N) is 1. The molecule has 0 aromatic carbocycles. The van der Waals surface area contributed by atoms with Crippen molar-refractivity contribution in [1.82, 2.24) is 10.6 Å². The van der Waals surface area contributed by atoms with Gasteiger partial charge in [0.05, 0.1) is 12.1 Å². The van der Waals surface area contributed by atoms with Gasteiger partial charge in [0, 0.05) is 13.1 Å². The van der Waals surface area contributed by atoms with Gasteiger partial charge in [0.1, 0.15) is 0 Å². The molecule has 2 fully saturated rings. The summed E-state index contributed by atoms with van der Waals surface area (Å²) >= 11 is 0. The van der Waals surface area contributed by atoms with Crippen LogP contribution in [-0.2, 0) is 0 Å². The fourth-order valence-electron chi connectivity index (χ4n) is 3.37. The minimum atomic E-state index is -0.523. The van der Waals surface area contributed by atoms with E-state index < -0.39 is 5.60 Å². The molecule has 2 rings (SSSR count). The third-order valence-corrected chi connectivity index (χ3v) is 4.97. The van der Waals surface area contributed by atoms with E-state index in [4.69, 9.17) is 0 Å². The van der Waals surface area contributed by atoms with Gasteiger partial charge in [-0.3, -0.25) is 4.99 Å².